The molecule has 0 saturated heterocycles. The zero-order valence-corrected chi connectivity index (χ0v) is 12.9. The van der Waals surface area contributed by atoms with E-state index in [-0.39, 0.29) is 5.97 Å². The molecule has 102 valence electrons. The standard InChI is InChI=1S/C13H16N2O2S2/c1-4-17-10(16)5-6-18-12-11-8(2)9(3)19-13(11)15-7-14-12/h7H,4-6H2,1-3H3. The van der Waals surface area contributed by atoms with E-state index < -0.39 is 0 Å². The summed E-state index contributed by atoms with van der Waals surface area (Å²) in [4.78, 5) is 22.2. The number of fused-ring (bicyclic) bond motifs is 1. The molecule has 0 aliphatic heterocycles. The molecule has 0 N–H and O–H groups in total. The first-order valence-corrected chi connectivity index (χ1v) is 7.92. The fourth-order valence-corrected chi connectivity index (χ4v) is 3.76. The minimum Gasteiger partial charge on any atom is -0.466 e. The minimum absolute atomic E-state index is 0.154. The van der Waals surface area contributed by atoms with Gasteiger partial charge in [-0.3, -0.25) is 4.79 Å². The summed E-state index contributed by atoms with van der Waals surface area (Å²) in [5.74, 6) is 0.526. The van der Waals surface area contributed by atoms with Gasteiger partial charge in [-0.25, -0.2) is 9.97 Å². The van der Waals surface area contributed by atoms with Crippen molar-refractivity contribution in [2.24, 2.45) is 0 Å². The van der Waals surface area contributed by atoms with Crippen LogP contribution in [0.1, 0.15) is 23.8 Å². The number of rotatable bonds is 5. The number of hydrogen-bond acceptors (Lipinski definition) is 6. The van der Waals surface area contributed by atoms with Crippen LogP contribution < -0.4 is 0 Å². The fraction of sp³-hybridized carbons (Fsp3) is 0.462. The molecule has 0 unspecified atom stereocenters. The predicted octanol–water partition coefficient (Wildman–Crippen LogP) is 3.35. The van der Waals surface area contributed by atoms with Crippen LogP contribution in [0.4, 0.5) is 0 Å². The molecule has 2 heterocycles. The first kappa shape index (κ1) is 14.3. The van der Waals surface area contributed by atoms with Crippen molar-refractivity contribution in [1.29, 1.82) is 0 Å². The molecule has 0 fully saturated rings. The molecule has 0 saturated carbocycles. The van der Waals surface area contributed by atoms with Gasteiger partial charge in [-0.2, -0.15) is 0 Å². The van der Waals surface area contributed by atoms with Gasteiger partial charge in [0.2, 0.25) is 0 Å². The molecule has 0 radical (unpaired) electrons. The van der Waals surface area contributed by atoms with E-state index in [0.29, 0.717) is 18.8 Å². The Morgan fingerprint density at radius 3 is 2.95 bits per heavy atom. The third-order valence-electron chi connectivity index (χ3n) is 2.78. The van der Waals surface area contributed by atoms with E-state index in [2.05, 4.69) is 23.8 Å². The van der Waals surface area contributed by atoms with Crippen LogP contribution in [0, 0.1) is 13.8 Å². The monoisotopic (exact) mass is 296 g/mol. The van der Waals surface area contributed by atoms with E-state index in [4.69, 9.17) is 4.74 Å². The fourth-order valence-electron chi connectivity index (χ4n) is 1.72. The van der Waals surface area contributed by atoms with Crippen molar-refractivity contribution in [3.8, 4) is 0 Å². The van der Waals surface area contributed by atoms with Gasteiger partial charge in [-0.1, -0.05) is 0 Å². The van der Waals surface area contributed by atoms with Crippen molar-refractivity contribution in [2.75, 3.05) is 12.4 Å². The molecule has 2 aromatic heterocycles. The van der Waals surface area contributed by atoms with Gasteiger partial charge in [-0.05, 0) is 26.3 Å². The van der Waals surface area contributed by atoms with E-state index in [9.17, 15) is 4.79 Å². The summed E-state index contributed by atoms with van der Waals surface area (Å²) in [6.07, 6.45) is 2.00. The quantitative estimate of drug-likeness (QED) is 0.481. The van der Waals surface area contributed by atoms with Gasteiger partial charge < -0.3 is 4.74 Å². The molecule has 0 amide bonds. The lowest BCUT2D eigenvalue weighted by molar-refractivity contribution is -0.142. The minimum atomic E-state index is -0.154. The van der Waals surface area contributed by atoms with Crippen LogP contribution >= 0.6 is 23.1 Å². The highest BCUT2D eigenvalue weighted by atomic mass is 32.2. The van der Waals surface area contributed by atoms with Gasteiger partial charge >= 0.3 is 5.97 Å². The summed E-state index contributed by atoms with van der Waals surface area (Å²) in [5, 5.41) is 2.08. The average Bonchev–Trinajstić information content (AvgIpc) is 2.66. The highest BCUT2D eigenvalue weighted by molar-refractivity contribution is 7.99. The number of aryl methyl sites for hydroxylation is 2. The van der Waals surface area contributed by atoms with Crippen molar-refractivity contribution in [2.45, 2.75) is 32.2 Å². The molecule has 4 nitrogen and oxygen atoms in total. The highest BCUT2D eigenvalue weighted by Gasteiger charge is 2.12. The molecular formula is C13H16N2O2S2. The molecule has 6 heteroatoms. The topological polar surface area (TPSA) is 52.1 Å². The summed E-state index contributed by atoms with van der Waals surface area (Å²) in [6, 6.07) is 0. The maximum atomic E-state index is 11.3. The van der Waals surface area contributed by atoms with Gasteiger partial charge in [-0.15, -0.1) is 23.1 Å². The number of thioether (sulfide) groups is 1. The van der Waals surface area contributed by atoms with Crippen LogP contribution in [0.25, 0.3) is 10.2 Å². The van der Waals surface area contributed by atoms with Gasteiger partial charge in [0.15, 0.2) is 0 Å². The van der Waals surface area contributed by atoms with Crippen LogP contribution in [0.2, 0.25) is 0 Å². The number of aromatic nitrogens is 2. The number of ether oxygens (including phenoxy) is 1. The zero-order chi connectivity index (χ0) is 13.8. The lowest BCUT2D eigenvalue weighted by Gasteiger charge is -2.03. The largest absolute Gasteiger partial charge is 0.466 e. The Kier molecular flexibility index (Phi) is 4.76. The molecule has 0 aromatic carbocycles. The van der Waals surface area contributed by atoms with Gasteiger partial charge in [0.05, 0.1) is 13.0 Å². The molecule has 0 atom stereocenters. The highest BCUT2D eigenvalue weighted by Crippen LogP contribution is 2.34. The van der Waals surface area contributed by atoms with Crippen molar-refractivity contribution in [1.82, 2.24) is 9.97 Å². The number of nitrogens with zero attached hydrogens (tertiary/aromatic N) is 2. The third kappa shape index (κ3) is 3.25. The Bertz CT molecular complexity index is 596. The summed E-state index contributed by atoms with van der Waals surface area (Å²) >= 11 is 3.27. The second kappa shape index (κ2) is 6.34. The number of carbonyl (C=O) groups is 1. The van der Waals surface area contributed by atoms with Crippen LogP contribution in [0.3, 0.4) is 0 Å². The Morgan fingerprint density at radius 2 is 2.21 bits per heavy atom. The zero-order valence-electron chi connectivity index (χ0n) is 11.2. The van der Waals surface area contributed by atoms with Crippen LogP contribution in [0.15, 0.2) is 11.4 Å². The second-order valence-electron chi connectivity index (χ2n) is 4.05. The normalized spacial score (nSPS) is 10.9. The summed E-state index contributed by atoms with van der Waals surface area (Å²) in [7, 11) is 0. The van der Waals surface area contributed by atoms with Gasteiger partial charge in [0.1, 0.15) is 16.2 Å². The predicted molar refractivity (Wildman–Crippen MR) is 78.9 cm³/mol. The van der Waals surface area contributed by atoms with E-state index in [0.717, 1.165) is 15.2 Å². The van der Waals surface area contributed by atoms with Gasteiger partial charge in [0.25, 0.3) is 0 Å². The van der Waals surface area contributed by atoms with Crippen molar-refractivity contribution < 1.29 is 9.53 Å². The first-order valence-electron chi connectivity index (χ1n) is 6.12. The van der Waals surface area contributed by atoms with Crippen LogP contribution in [-0.4, -0.2) is 28.3 Å². The molecule has 0 spiro atoms. The van der Waals surface area contributed by atoms with Crippen LogP contribution in [-0.2, 0) is 9.53 Å². The first-order chi connectivity index (χ1) is 9.13. The van der Waals surface area contributed by atoms with E-state index in [1.54, 1.807) is 29.4 Å². The summed E-state index contributed by atoms with van der Waals surface area (Å²) in [5.41, 5.74) is 1.24. The lowest BCUT2D eigenvalue weighted by Crippen LogP contribution is -2.04. The smallest absolute Gasteiger partial charge is 0.306 e. The van der Waals surface area contributed by atoms with Crippen LogP contribution in [0.5, 0.6) is 0 Å². The average molecular weight is 296 g/mol. The Labute approximate surface area is 120 Å². The van der Waals surface area contributed by atoms with Crippen molar-refractivity contribution >= 4 is 39.3 Å². The second-order valence-corrected chi connectivity index (χ2v) is 6.33. The Balaban J connectivity index is 2.10. The Morgan fingerprint density at radius 1 is 1.42 bits per heavy atom. The Hall–Kier alpha value is -1.14. The van der Waals surface area contributed by atoms with Crippen molar-refractivity contribution in [3.63, 3.8) is 0 Å². The van der Waals surface area contributed by atoms with E-state index in [1.165, 1.54) is 10.4 Å². The maximum Gasteiger partial charge on any atom is 0.306 e. The molecule has 19 heavy (non-hydrogen) atoms. The summed E-state index contributed by atoms with van der Waals surface area (Å²) < 4.78 is 4.91. The molecule has 0 aliphatic carbocycles. The molecule has 2 rings (SSSR count). The molecule has 0 bridgehead atoms. The van der Waals surface area contributed by atoms with E-state index >= 15 is 0 Å². The molecule has 2 aromatic rings. The third-order valence-corrected chi connectivity index (χ3v) is 4.89. The molecular weight excluding hydrogens is 280 g/mol. The lowest BCUT2D eigenvalue weighted by atomic mass is 10.2. The SMILES string of the molecule is CCOC(=O)CCSc1ncnc2sc(C)c(C)c12. The number of hydrogen-bond donors (Lipinski definition) is 0. The maximum absolute atomic E-state index is 11.3. The summed E-state index contributed by atoms with van der Waals surface area (Å²) in [6.45, 7) is 6.43. The molecule has 0 aliphatic rings. The van der Waals surface area contributed by atoms with E-state index in [1.807, 2.05) is 6.92 Å². The number of esters is 1. The van der Waals surface area contributed by atoms with Gasteiger partial charge in [0, 0.05) is 16.0 Å². The van der Waals surface area contributed by atoms with Crippen molar-refractivity contribution in [3.05, 3.63) is 16.8 Å². The number of thiophene rings is 1. The number of carbonyl (C=O) groups excluding carboxylic acids is 1.